The summed E-state index contributed by atoms with van der Waals surface area (Å²) in [6.07, 6.45) is 4.44. The Morgan fingerprint density at radius 1 is 1.33 bits per heavy atom. The van der Waals surface area contributed by atoms with Crippen molar-refractivity contribution in [3.63, 3.8) is 0 Å². The number of rotatable bonds is 7. The summed E-state index contributed by atoms with van der Waals surface area (Å²) in [5.74, 6) is 1.44. The maximum absolute atomic E-state index is 12.5. The Morgan fingerprint density at radius 3 is 2.88 bits per heavy atom. The van der Waals surface area contributed by atoms with Crippen molar-refractivity contribution in [3.8, 4) is 0 Å². The second-order valence-electron chi connectivity index (χ2n) is 6.46. The number of carbonyl (C=O) groups excluding carboxylic acids is 1. The van der Waals surface area contributed by atoms with Crippen molar-refractivity contribution in [2.24, 2.45) is 5.92 Å². The van der Waals surface area contributed by atoms with Gasteiger partial charge in [-0.3, -0.25) is 4.79 Å². The van der Waals surface area contributed by atoms with Gasteiger partial charge in [0.05, 0.1) is 10.6 Å². The number of carbonyl (C=O) groups is 1. The van der Waals surface area contributed by atoms with Crippen molar-refractivity contribution < 1.29 is 4.79 Å². The number of benzene rings is 1. The van der Waals surface area contributed by atoms with Crippen LogP contribution in [0, 0.1) is 12.8 Å². The summed E-state index contributed by atoms with van der Waals surface area (Å²) in [6, 6.07) is 14.4. The second-order valence-corrected chi connectivity index (χ2v) is 7.58. The molecule has 3 rings (SSSR count). The monoisotopic (exact) mass is 340 g/mol. The first kappa shape index (κ1) is 17.0. The Labute approximate surface area is 148 Å². The topological polar surface area (TPSA) is 42.0 Å². The van der Waals surface area contributed by atoms with Gasteiger partial charge < -0.3 is 5.32 Å². The summed E-state index contributed by atoms with van der Waals surface area (Å²) in [5.41, 5.74) is 2.35. The van der Waals surface area contributed by atoms with Crippen LogP contribution in [0.2, 0.25) is 0 Å². The summed E-state index contributed by atoms with van der Waals surface area (Å²) in [5, 5.41) is 4.29. The van der Waals surface area contributed by atoms with E-state index in [1.54, 1.807) is 18.0 Å². The minimum atomic E-state index is -0.145. The van der Waals surface area contributed by atoms with E-state index in [4.69, 9.17) is 0 Å². The van der Waals surface area contributed by atoms with Gasteiger partial charge in [0.2, 0.25) is 5.91 Å². The molecule has 1 fully saturated rings. The fraction of sp³-hybridized carbons (Fsp3) is 0.400. The molecule has 126 valence electrons. The van der Waals surface area contributed by atoms with Crippen LogP contribution in [-0.2, 0) is 10.3 Å². The lowest BCUT2D eigenvalue weighted by atomic mass is 9.99. The molecule has 4 heteroatoms. The molecule has 1 aliphatic rings. The van der Waals surface area contributed by atoms with Gasteiger partial charge in [0, 0.05) is 18.4 Å². The molecule has 0 spiro atoms. The van der Waals surface area contributed by atoms with Crippen molar-refractivity contribution in [3.05, 3.63) is 59.8 Å². The van der Waals surface area contributed by atoms with Crippen molar-refractivity contribution in [1.82, 2.24) is 10.3 Å². The first-order valence-corrected chi connectivity index (χ1v) is 9.54. The number of hydrogen-bond donors (Lipinski definition) is 1. The molecule has 1 amide bonds. The van der Waals surface area contributed by atoms with Gasteiger partial charge >= 0.3 is 0 Å². The van der Waals surface area contributed by atoms with E-state index in [1.807, 2.05) is 18.2 Å². The Hall–Kier alpha value is -1.81. The normalized spacial score (nSPS) is 22.2. The highest BCUT2D eigenvalue weighted by Gasteiger charge is 2.55. The largest absolute Gasteiger partial charge is 0.346 e. The zero-order valence-corrected chi connectivity index (χ0v) is 15.1. The summed E-state index contributed by atoms with van der Waals surface area (Å²) < 4.78 is 0. The highest BCUT2D eigenvalue weighted by molar-refractivity contribution is 7.99. The molecule has 1 N–H and O–H groups in total. The molecule has 1 saturated carbocycles. The van der Waals surface area contributed by atoms with Crippen molar-refractivity contribution >= 4 is 17.7 Å². The van der Waals surface area contributed by atoms with E-state index >= 15 is 0 Å². The molecule has 0 radical (unpaired) electrons. The maximum Gasteiger partial charge on any atom is 0.221 e. The minimum absolute atomic E-state index is 0.135. The van der Waals surface area contributed by atoms with Crippen molar-refractivity contribution in [2.75, 3.05) is 5.75 Å². The zero-order valence-electron chi connectivity index (χ0n) is 14.3. The highest BCUT2D eigenvalue weighted by Crippen LogP contribution is 2.53. The van der Waals surface area contributed by atoms with Crippen LogP contribution in [0.15, 0.2) is 53.7 Å². The van der Waals surface area contributed by atoms with E-state index in [-0.39, 0.29) is 11.4 Å². The smallest absolute Gasteiger partial charge is 0.221 e. The molecule has 1 aromatic heterocycles. The van der Waals surface area contributed by atoms with Crippen LogP contribution in [0.5, 0.6) is 0 Å². The van der Waals surface area contributed by atoms with Crippen LogP contribution in [0.1, 0.15) is 37.3 Å². The molecule has 2 unspecified atom stereocenters. The van der Waals surface area contributed by atoms with Crippen molar-refractivity contribution in [1.29, 1.82) is 0 Å². The van der Waals surface area contributed by atoms with Crippen LogP contribution in [0.4, 0.5) is 0 Å². The van der Waals surface area contributed by atoms with Gasteiger partial charge in [-0.1, -0.05) is 49.2 Å². The number of pyridine rings is 1. The number of aryl methyl sites for hydroxylation is 1. The molecule has 1 heterocycles. The molecule has 0 saturated heterocycles. The van der Waals surface area contributed by atoms with E-state index in [0.29, 0.717) is 12.3 Å². The number of nitrogens with zero attached hydrogens (tertiary/aromatic N) is 1. The summed E-state index contributed by atoms with van der Waals surface area (Å²) >= 11 is 1.63. The third kappa shape index (κ3) is 3.81. The number of aromatic nitrogens is 1. The number of hydrogen-bond acceptors (Lipinski definition) is 3. The van der Waals surface area contributed by atoms with Gasteiger partial charge in [0.1, 0.15) is 0 Å². The molecule has 24 heavy (non-hydrogen) atoms. The van der Waals surface area contributed by atoms with Gasteiger partial charge in [-0.15, -0.1) is 11.8 Å². The van der Waals surface area contributed by atoms with E-state index in [1.165, 1.54) is 11.1 Å². The van der Waals surface area contributed by atoms with E-state index in [2.05, 4.69) is 48.4 Å². The molecule has 0 bridgehead atoms. The van der Waals surface area contributed by atoms with Crippen LogP contribution < -0.4 is 5.32 Å². The fourth-order valence-corrected chi connectivity index (χ4v) is 4.12. The van der Waals surface area contributed by atoms with Gasteiger partial charge in [-0.25, -0.2) is 4.98 Å². The Balaban J connectivity index is 1.59. The first-order chi connectivity index (χ1) is 11.6. The quantitative estimate of drug-likeness (QED) is 0.764. The molecule has 0 aliphatic heterocycles. The minimum Gasteiger partial charge on any atom is -0.346 e. The van der Waals surface area contributed by atoms with Gasteiger partial charge in [-0.2, -0.15) is 0 Å². The lowest BCUT2D eigenvalue weighted by Crippen LogP contribution is -2.36. The zero-order chi connectivity index (χ0) is 17.0. The fourth-order valence-electron chi connectivity index (χ4n) is 3.32. The predicted molar refractivity (Wildman–Crippen MR) is 99.0 cm³/mol. The maximum atomic E-state index is 12.5. The van der Waals surface area contributed by atoms with Crippen molar-refractivity contribution in [2.45, 2.75) is 43.7 Å². The molecule has 1 aliphatic carbocycles. The molecule has 2 aromatic rings. The third-order valence-electron chi connectivity index (χ3n) is 4.71. The highest BCUT2D eigenvalue weighted by atomic mass is 32.2. The summed E-state index contributed by atoms with van der Waals surface area (Å²) in [4.78, 5) is 16.7. The Morgan fingerprint density at radius 2 is 2.21 bits per heavy atom. The summed E-state index contributed by atoms with van der Waals surface area (Å²) in [6.45, 7) is 4.30. The standard InChI is InChI=1S/C20H24N2OS/c1-3-16-14-20(16,17-8-6-7-15(2)13-17)22-18(23)10-12-24-19-9-4-5-11-21-19/h4-9,11,13,16H,3,10,12,14H2,1-2H3,(H,22,23). The van der Waals surface area contributed by atoms with Gasteiger partial charge in [0.15, 0.2) is 0 Å². The SMILES string of the molecule is CCC1CC1(NC(=O)CCSc1ccccn1)c1cccc(C)c1. The molecular weight excluding hydrogens is 316 g/mol. The Kier molecular flexibility index (Phi) is 5.24. The summed E-state index contributed by atoms with van der Waals surface area (Å²) in [7, 11) is 0. The number of amides is 1. The van der Waals surface area contributed by atoms with E-state index < -0.39 is 0 Å². The van der Waals surface area contributed by atoms with Gasteiger partial charge in [0.25, 0.3) is 0 Å². The predicted octanol–water partition coefficient (Wildman–Crippen LogP) is 4.31. The Bertz CT molecular complexity index is 704. The van der Waals surface area contributed by atoms with E-state index in [9.17, 15) is 4.79 Å². The second kappa shape index (κ2) is 7.39. The lowest BCUT2D eigenvalue weighted by molar-refractivity contribution is -0.121. The van der Waals surface area contributed by atoms with Crippen LogP contribution in [0.25, 0.3) is 0 Å². The average Bonchev–Trinajstić information content (AvgIpc) is 3.30. The molecule has 1 aromatic carbocycles. The number of thioether (sulfide) groups is 1. The first-order valence-electron chi connectivity index (χ1n) is 8.56. The average molecular weight is 340 g/mol. The molecular formula is C20H24N2OS. The lowest BCUT2D eigenvalue weighted by Gasteiger charge is -2.21. The van der Waals surface area contributed by atoms with Gasteiger partial charge in [-0.05, 0) is 37.0 Å². The van der Waals surface area contributed by atoms with Crippen LogP contribution in [-0.4, -0.2) is 16.6 Å². The molecule has 2 atom stereocenters. The third-order valence-corrected chi connectivity index (χ3v) is 5.66. The van der Waals surface area contributed by atoms with Crippen LogP contribution >= 0.6 is 11.8 Å². The molecule has 3 nitrogen and oxygen atoms in total. The number of nitrogens with one attached hydrogen (secondary N) is 1. The van der Waals surface area contributed by atoms with E-state index in [0.717, 1.165) is 23.6 Å². The van der Waals surface area contributed by atoms with Crippen LogP contribution in [0.3, 0.4) is 0 Å².